The van der Waals surface area contributed by atoms with Gasteiger partial charge in [0.2, 0.25) is 10.0 Å². The molecule has 5 nitrogen and oxygen atoms in total. The number of hydrogen-bond acceptors (Lipinski definition) is 5. The molecule has 2 heterocycles. The van der Waals surface area contributed by atoms with Gasteiger partial charge >= 0.3 is 0 Å². The van der Waals surface area contributed by atoms with E-state index in [0.29, 0.717) is 24.0 Å². The third-order valence-electron chi connectivity index (χ3n) is 3.15. The number of ether oxygens (including phenoxy) is 1. The zero-order valence-electron chi connectivity index (χ0n) is 11.9. The highest BCUT2D eigenvalue weighted by atomic mass is 32.2. The summed E-state index contributed by atoms with van der Waals surface area (Å²) in [4.78, 5) is 1.37. The van der Waals surface area contributed by atoms with Crippen LogP contribution < -0.4 is 10.0 Å². The molecule has 1 fully saturated rings. The van der Waals surface area contributed by atoms with Crippen LogP contribution in [0.2, 0.25) is 0 Å². The molecule has 0 bridgehead atoms. The first-order valence-electron chi connectivity index (χ1n) is 6.89. The highest BCUT2D eigenvalue weighted by molar-refractivity contribution is 7.89. The summed E-state index contributed by atoms with van der Waals surface area (Å²) in [7, 11) is -3.41. The second-order valence-electron chi connectivity index (χ2n) is 5.27. The average Bonchev–Trinajstić information content (AvgIpc) is 3.05. The van der Waals surface area contributed by atoms with Crippen molar-refractivity contribution >= 4 is 21.4 Å². The monoisotopic (exact) mass is 318 g/mol. The van der Waals surface area contributed by atoms with Crippen LogP contribution in [0.3, 0.4) is 0 Å². The molecule has 0 aromatic carbocycles. The van der Waals surface area contributed by atoms with Crippen molar-refractivity contribution in [2.24, 2.45) is 0 Å². The van der Waals surface area contributed by atoms with Gasteiger partial charge in [-0.05, 0) is 18.9 Å². The van der Waals surface area contributed by atoms with Gasteiger partial charge in [-0.2, -0.15) is 0 Å². The third-order valence-corrected chi connectivity index (χ3v) is 5.64. The van der Waals surface area contributed by atoms with Gasteiger partial charge in [-0.3, -0.25) is 0 Å². The van der Waals surface area contributed by atoms with Crippen molar-refractivity contribution < 1.29 is 13.2 Å². The summed E-state index contributed by atoms with van der Waals surface area (Å²) < 4.78 is 32.4. The molecule has 1 aromatic heterocycles. The summed E-state index contributed by atoms with van der Waals surface area (Å²) >= 11 is 1.46. The van der Waals surface area contributed by atoms with Crippen LogP contribution in [0, 0.1) is 0 Å². The average molecular weight is 318 g/mol. The van der Waals surface area contributed by atoms with Crippen LogP contribution in [0.15, 0.2) is 16.3 Å². The Morgan fingerprint density at radius 2 is 2.30 bits per heavy atom. The van der Waals surface area contributed by atoms with Gasteiger partial charge < -0.3 is 10.1 Å². The Hall–Kier alpha value is -0.470. The minimum Gasteiger partial charge on any atom is -0.377 e. The number of rotatable bonds is 7. The molecule has 0 spiro atoms. The van der Waals surface area contributed by atoms with E-state index in [-0.39, 0.29) is 6.10 Å². The lowest BCUT2D eigenvalue weighted by Crippen LogP contribution is -2.31. The van der Waals surface area contributed by atoms with Crippen LogP contribution in [0.4, 0.5) is 0 Å². The summed E-state index contributed by atoms with van der Waals surface area (Å²) in [6.45, 7) is 5.92. The number of hydrogen-bond donors (Lipinski definition) is 2. The van der Waals surface area contributed by atoms with E-state index in [0.717, 1.165) is 24.3 Å². The van der Waals surface area contributed by atoms with E-state index in [2.05, 4.69) is 23.9 Å². The maximum atomic E-state index is 12.2. The molecule has 0 saturated carbocycles. The maximum Gasteiger partial charge on any atom is 0.241 e. The van der Waals surface area contributed by atoms with Crippen molar-refractivity contribution in [2.45, 2.75) is 50.3 Å². The minimum absolute atomic E-state index is 0.0190. The summed E-state index contributed by atoms with van der Waals surface area (Å²) in [6.07, 6.45) is 1.96. The summed E-state index contributed by atoms with van der Waals surface area (Å²) in [5, 5.41) is 4.97. The lowest BCUT2D eigenvalue weighted by atomic mass is 10.2. The Morgan fingerprint density at radius 3 is 2.95 bits per heavy atom. The first-order valence-corrected chi connectivity index (χ1v) is 9.26. The molecule has 1 saturated heterocycles. The predicted octanol–water partition coefficient (Wildman–Crippen LogP) is 1.70. The van der Waals surface area contributed by atoms with Crippen LogP contribution in [0.25, 0.3) is 0 Å². The van der Waals surface area contributed by atoms with Gasteiger partial charge in [-0.1, -0.05) is 13.8 Å². The fourth-order valence-corrected chi connectivity index (χ4v) is 4.28. The van der Waals surface area contributed by atoms with Gasteiger partial charge in [0.05, 0.1) is 11.0 Å². The van der Waals surface area contributed by atoms with Gasteiger partial charge in [-0.15, -0.1) is 11.3 Å². The van der Waals surface area contributed by atoms with Crippen molar-refractivity contribution in [3.63, 3.8) is 0 Å². The van der Waals surface area contributed by atoms with Crippen LogP contribution in [-0.2, 0) is 21.3 Å². The third kappa shape index (κ3) is 4.53. The normalized spacial score (nSPS) is 19.9. The Balaban J connectivity index is 1.91. The molecular formula is C13H22N2O3S2. The fraction of sp³-hybridized carbons (Fsp3) is 0.692. The Labute approximate surface area is 124 Å². The topological polar surface area (TPSA) is 67.4 Å². The van der Waals surface area contributed by atoms with E-state index < -0.39 is 10.0 Å². The second kappa shape index (κ2) is 7.00. The van der Waals surface area contributed by atoms with E-state index >= 15 is 0 Å². The van der Waals surface area contributed by atoms with Gasteiger partial charge in [-0.25, -0.2) is 13.1 Å². The molecule has 2 N–H and O–H groups in total. The van der Waals surface area contributed by atoms with Gasteiger partial charge in [0.1, 0.15) is 0 Å². The molecule has 1 atom stereocenters. The van der Waals surface area contributed by atoms with E-state index in [9.17, 15) is 8.42 Å². The summed E-state index contributed by atoms with van der Waals surface area (Å²) in [5.41, 5.74) is 0. The lowest BCUT2D eigenvalue weighted by Gasteiger charge is -2.10. The van der Waals surface area contributed by atoms with Gasteiger partial charge in [0.25, 0.3) is 0 Å². The molecule has 0 amide bonds. The Kier molecular flexibility index (Phi) is 5.57. The Morgan fingerprint density at radius 1 is 1.50 bits per heavy atom. The van der Waals surface area contributed by atoms with Crippen molar-refractivity contribution in [1.82, 2.24) is 10.0 Å². The van der Waals surface area contributed by atoms with Crippen molar-refractivity contribution in [1.29, 1.82) is 0 Å². The van der Waals surface area contributed by atoms with Crippen LogP contribution in [0.1, 0.15) is 31.6 Å². The quantitative estimate of drug-likeness (QED) is 0.803. The van der Waals surface area contributed by atoms with Crippen molar-refractivity contribution in [3.05, 3.63) is 16.3 Å². The molecule has 7 heteroatoms. The number of sulfonamides is 1. The highest BCUT2D eigenvalue weighted by Crippen LogP contribution is 2.20. The lowest BCUT2D eigenvalue weighted by molar-refractivity contribution is 0.114. The van der Waals surface area contributed by atoms with Crippen LogP contribution in [0.5, 0.6) is 0 Å². The number of nitrogens with one attached hydrogen (secondary N) is 2. The van der Waals surface area contributed by atoms with E-state index in [1.165, 1.54) is 11.3 Å². The molecule has 1 aromatic rings. The number of thiophene rings is 1. The van der Waals surface area contributed by atoms with Crippen LogP contribution in [-0.4, -0.2) is 33.7 Å². The molecular weight excluding hydrogens is 296 g/mol. The maximum absolute atomic E-state index is 12.2. The minimum atomic E-state index is -3.41. The van der Waals surface area contributed by atoms with E-state index in [1.54, 1.807) is 11.4 Å². The predicted molar refractivity (Wildman–Crippen MR) is 80.5 cm³/mol. The molecule has 1 aliphatic rings. The standard InChI is InChI=1S/C13H22N2O3S2/c1-10(2)14-8-12-6-13(9-19-12)20(16,17)15-7-11-4-3-5-18-11/h6,9-11,14-15H,3-5,7-8H2,1-2H3. The molecule has 1 aliphatic heterocycles. The molecule has 20 heavy (non-hydrogen) atoms. The molecule has 114 valence electrons. The Bertz CT molecular complexity index is 519. The summed E-state index contributed by atoms with van der Waals surface area (Å²) in [6, 6.07) is 2.12. The zero-order valence-corrected chi connectivity index (χ0v) is 13.5. The van der Waals surface area contributed by atoms with E-state index in [4.69, 9.17) is 4.74 Å². The van der Waals surface area contributed by atoms with Gasteiger partial charge in [0, 0.05) is 36.0 Å². The zero-order chi connectivity index (χ0) is 14.6. The first kappa shape index (κ1) is 15.9. The molecule has 1 unspecified atom stereocenters. The van der Waals surface area contributed by atoms with Crippen molar-refractivity contribution in [2.75, 3.05) is 13.2 Å². The first-order chi connectivity index (χ1) is 9.47. The summed E-state index contributed by atoms with van der Waals surface area (Å²) in [5.74, 6) is 0. The second-order valence-corrected chi connectivity index (χ2v) is 8.03. The van der Waals surface area contributed by atoms with E-state index in [1.807, 2.05) is 0 Å². The van der Waals surface area contributed by atoms with Crippen molar-refractivity contribution in [3.8, 4) is 0 Å². The van der Waals surface area contributed by atoms with Crippen LogP contribution >= 0.6 is 11.3 Å². The van der Waals surface area contributed by atoms with Gasteiger partial charge in [0.15, 0.2) is 0 Å². The highest BCUT2D eigenvalue weighted by Gasteiger charge is 2.21. The fourth-order valence-electron chi connectivity index (χ4n) is 1.99. The molecule has 0 aliphatic carbocycles. The smallest absolute Gasteiger partial charge is 0.241 e. The molecule has 2 rings (SSSR count). The molecule has 0 radical (unpaired) electrons. The SMILES string of the molecule is CC(C)NCc1cc(S(=O)(=O)NCC2CCCO2)cs1. The largest absolute Gasteiger partial charge is 0.377 e.